The molecule has 0 fully saturated rings. The van der Waals surface area contributed by atoms with Gasteiger partial charge in [-0.1, -0.05) is 29.8 Å². The van der Waals surface area contributed by atoms with Gasteiger partial charge in [-0.2, -0.15) is 0 Å². The first-order valence-corrected chi connectivity index (χ1v) is 8.78. The SMILES string of the molecule is Cc1ccc(NC(=O)Cc2nc(-c3ccc(C)c(C)c3)cs2)cc1. The summed E-state index contributed by atoms with van der Waals surface area (Å²) in [5, 5.41) is 5.75. The standard InChI is InChI=1S/C20H20N2OS/c1-13-4-8-17(9-5-13)21-19(23)11-20-22-18(12-24-20)16-7-6-14(2)15(3)10-16/h4-10,12H,11H2,1-3H3,(H,21,23). The number of benzene rings is 2. The molecule has 1 N–H and O–H groups in total. The Bertz CT molecular complexity index is 866. The lowest BCUT2D eigenvalue weighted by atomic mass is 10.1. The zero-order chi connectivity index (χ0) is 17.1. The summed E-state index contributed by atoms with van der Waals surface area (Å²) in [4.78, 5) is 16.8. The van der Waals surface area contributed by atoms with Crippen LogP contribution in [0, 0.1) is 20.8 Å². The Morgan fingerprint density at radius 2 is 1.79 bits per heavy atom. The zero-order valence-corrected chi connectivity index (χ0v) is 14.9. The predicted octanol–water partition coefficient (Wildman–Crippen LogP) is 4.92. The van der Waals surface area contributed by atoms with Gasteiger partial charge in [0.15, 0.2) is 0 Å². The van der Waals surface area contributed by atoms with Gasteiger partial charge in [0.1, 0.15) is 5.01 Å². The van der Waals surface area contributed by atoms with E-state index in [1.807, 2.05) is 36.6 Å². The van der Waals surface area contributed by atoms with Gasteiger partial charge < -0.3 is 5.32 Å². The van der Waals surface area contributed by atoms with Gasteiger partial charge in [-0.05, 0) is 50.1 Å². The third-order valence-corrected chi connectivity index (χ3v) is 4.85. The second-order valence-electron chi connectivity index (χ2n) is 6.02. The molecule has 4 heteroatoms. The molecule has 1 heterocycles. The molecule has 0 aliphatic rings. The Labute approximate surface area is 146 Å². The van der Waals surface area contributed by atoms with Crippen molar-refractivity contribution >= 4 is 22.9 Å². The number of nitrogens with zero attached hydrogens (tertiary/aromatic N) is 1. The van der Waals surface area contributed by atoms with Gasteiger partial charge in [0.25, 0.3) is 0 Å². The second-order valence-corrected chi connectivity index (χ2v) is 6.96. The van der Waals surface area contributed by atoms with Crippen molar-refractivity contribution in [2.75, 3.05) is 5.32 Å². The van der Waals surface area contributed by atoms with Gasteiger partial charge in [-0.15, -0.1) is 11.3 Å². The first-order valence-electron chi connectivity index (χ1n) is 7.90. The van der Waals surface area contributed by atoms with Gasteiger partial charge in [0.2, 0.25) is 5.91 Å². The number of aryl methyl sites for hydroxylation is 3. The third-order valence-electron chi connectivity index (χ3n) is 4.00. The maximum Gasteiger partial charge on any atom is 0.231 e. The molecule has 0 unspecified atom stereocenters. The fraction of sp³-hybridized carbons (Fsp3) is 0.200. The van der Waals surface area contributed by atoms with Crippen LogP contribution in [0.25, 0.3) is 11.3 Å². The monoisotopic (exact) mass is 336 g/mol. The number of rotatable bonds is 4. The summed E-state index contributed by atoms with van der Waals surface area (Å²) in [6.45, 7) is 6.22. The number of thiazole rings is 1. The van der Waals surface area contributed by atoms with E-state index in [9.17, 15) is 4.79 Å². The molecule has 0 saturated carbocycles. The fourth-order valence-corrected chi connectivity index (χ4v) is 3.21. The number of hydrogen-bond acceptors (Lipinski definition) is 3. The van der Waals surface area contributed by atoms with Crippen molar-refractivity contribution in [1.82, 2.24) is 4.98 Å². The Hall–Kier alpha value is -2.46. The highest BCUT2D eigenvalue weighted by molar-refractivity contribution is 7.10. The van der Waals surface area contributed by atoms with Gasteiger partial charge >= 0.3 is 0 Å². The van der Waals surface area contributed by atoms with Crippen LogP contribution in [-0.4, -0.2) is 10.9 Å². The number of amides is 1. The average Bonchev–Trinajstić information content (AvgIpc) is 3.00. The Balaban J connectivity index is 1.68. The molecule has 122 valence electrons. The van der Waals surface area contributed by atoms with E-state index in [1.54, 1.807) is 0 Å². The Kier molecular flexibility index (Phi) is 4.76. The van der Waals surface area contributed by atoms with Gasteiger partial charge in [-0.25, -0.2) is 4.98 Å². The van der Waals surface area contributed by atoms with Crippen LogP contribution in [0.3, 0.4) is 0 Å². The molecule has 0 aliphatic carbocycles. The van der Waals surface area contributed by atoms with E-state index in [4.69, 9.17) is 0 Å². The highest BCUT2D eigenvalue weighted by Crippen LogP contribution is 2.24. The smallest absolute Gasteiger partial charge is 0.231 e. The van der Waals surface area contributed by atoms with E-state index in [0.717, 1.165) is 22.0 Å². The Morgan fingerprint density at radius 3 is 2.50 bits per heavy atom. The highest BCUT2D eigenvalue weighted by Gasteiger charge is 2.10. The van der Waals surface area contributed by atoms with Crippen LogP contribution in [0.4, 0.5) is 5.69 Å². The van der Waals surface area contributed by atoms with E-state index >= 15 is 0 Å². The summed E-state index contributed by atoms with van der Waals surface area (Å²) in [6.07, 6.45) is 0.295. The summed E-state index contributed by atoms with van der Waals surface area (Å²) < 4.78 is 0. The molecule has 3 rings (SSSR count). The molecule has 2 aromatic carbocycles. The van der Waals surface area contributed by atoms with Crippen molar-refractivity contribution in [3.63, 3.8) is 0 Å². The van der Waals surface area contributed by atoms with E-state index in [0.29, 0.717) is 6.42 Å². The predicted molar refractivity (Wildman–Crippen MR) is 101 cm³/mol. The number of anilines is 1. The van der Waals surface area contributed by atoms with Gasteiger partial charge in [0.05, 0.1) is 12.1 Å². The van der Waals surface area contributed by atoms with Crippen LogP contribution in [0.2, 0.25) is 0 Å². The number of hydrogen-bond donors (Lipinski definition) is 1. The minimum Gasteiger partial charge on any atom is -0.326 e. The van der Waals surface area contributed by atoms with Gasteiger partial charge in [-0.3, -0.25) is 4.79 Å². The van der Waals surface area contributed by atoms with Crippen molar-refractivity contribution in [3.8, 4) is 11.3 Å². The minimum atomic E-state index is -0.0418. The summed E-state index contributed by atoms with van der Waals surface area (Å²) in [6, 6.07) is 14.1. The molecule has 3 nitrogen and oxygen atoms in total. The molecule has 0 spiro atoms. The van der Waals surface area contributed by atoms with Crippen LogP contribution in [0.15, 0.2) is 47.8 Å². The maximum absolute atomic E-state index is 12.2. The lowest BCUT2D eigenvalue weighted by Gasteiger charge is -2.04. The highest BCUT2D eigenvalue weighted by atomic mass is 32.1. The average molecular weight is 336 g/mol. The van der Waals surface area contributed by atoms with Crippen molar-refractivity contribution in [2.24, 2.45) is 0 Å². The van der Waals surface area contributed by atoms with Crippen molar-refractivity contribution < 1.29 is 4.79 Å². The van der Waals surface area contributed by atoms with Crippen LogP contribution in [0.5, 0.6) is 0 Å². The lowest BCUT2D eigenvalue weighted by Crippen LogP contribution is -2.14. The van der Waals surface area contributed by atoms with Crippen molar-refractivity contribution in [2.45, 2.75) is 27.2 Å². The summed E-state index contributed by atoms with van der Waals surface area (Å²) >= 11 is 1.52. The van der Waals surface area contributed by atoms with Crippen LogP contribution in [-0.2, 0) is 11.2 Å². The molecule has 0 bridgehead atoms. The quantitative estimate of drug-likeness (QED) is 0.735. The maximum atomic E-state index is 12.2. The molecule has 0 aliphatic heterocycles. The molecule has 24 heavy (non-hydrogen) atoms. The van der Waals surface area contributed by atoms with Crippen molar-refractivity contribution in [3.05, 3.63) is 69.5 Å². The normalized spacial score (nSPS) is 10.6. The summed E-state index contributed by atoms with van der Waals surface area (Å²) in [5.74, 6) is -0.0418. The lowest BCUT2D eigenvalue weighted by molar-refractivity contribution is -0.115. The minimum absolute atomic E-state index is 0.0418. The fourth-order valence-electron chi connectivity index (χ4n) is 2.40. The zero-order valence-electron chi connectivity index (χ0n) is 14.1. The van der Waals surface area contributed by atoms with Crippen LogP contribution >= 0.6 is 11.3 Å². The largest absolute Gasteiger partial charge is 0.326 e. The molecular weight excluding hydrogens is 316 g/mol. The van der Waals surface area contributed by atoms with Crippen molar-refractivity contribution in [1.29, 1.82) is 0 Å². The summed E-state index contributed by atoms with van der Waals surface area (Å²) in [5.41, 5.74) is 6.54. The number of nitrogens with one attached hydrogen (secondary N) is 1. The van der Waals surface area contributed by atoms with Gasteiger partial charge in [0, 0.05) is 16.6 Å². The van der Waals surface area contributed by atoms with E-state index in [1.165, 1.54) is 28.0 Å². The molecule has 0 atom stereocenters. The second kappa shape index (κ2) is 6.97. The van der Waals surface area contributed by atoms with Crippen LogP contribution in [0.1, 0.15) is 21.7 Å². The first-order chi connectivity index (χ1) is 11.5. The molecule has 3 aromatic rings. The first kappa shape index (κ1) is 16.4. The molecule has 0 radical (unpaired) electrons. The Morgan fingerprint density at radius 1 is 1.04 bits per heavy atom. The summed E-state index contributed by atoms with van der Waals surface area (Å²) in [7, 11) is 0. The van der Waals surface area contributed by atoms with E-state index in [2.05, 4.69) is 42.3 Å². The number of carbonyl (C=O) groups excluding carboxylic acids is 1. The molecule has 1 aromatic heterocycles. The molecular formula is C20H20N2OS. The molecule has 0 saturated heterocycles. The molecule has 1 amide bonds. The topological polar surface area (TPSA) is 42.0 Å². The third kappa shape index (κ3) is 3.89. The van der Waals surface area contributed by atoms with E-state index in [-0.39, 0.29) is 5.91 Å². The van der Waals surface area contributed by atoms with E-state index < -0.39 is 0 Å². The number of carbonyl (C=O) groups is 1. The number of aromatic nitrogens is 1. The van der Waals surface area contributed by atoms with Crippen LogP contribution < -0.4 is 5.32 Å².